The molecular formula is C23H27F2N5O2. The first-order chi connectivity index (χ1) is 15.5. The highest BCUT2D eigenvalue weighted by molar-refractivity contribution is 5.94. The number of hydrogen-bond acceptors (Lipinski definition) is 4. The Morgan fingerprint density at radius 3 is 2.94 bits per heavy atom. The van der Waals surface area contributed by atoms with Gasteiger partial charge in [0.15, 0.2) is 5.96 Å². The van der Waals surface area contributed by atoms with Crippen molar-refractivity contribution in [2.45, 2.75) is 25.3 Å². The lowest BCUT2D eigenvalue weighted by molar-refractivity contribution is -0.116. The Bertz CT molecular complexity index is 1010. The van der Waals surface area contributed by atoms with Crippen LogP contribution in [0.2, 0.25) is 0 Å². The molecule has 32 heavy (non-hydrogen) atoms. The van der Waals surface area contributed by atoms with Gasteiger partial charge in [0.1, 0.15) is 24.0 Å². The molecule has 0 saturated carbocycles. The van der Waals surface area contributed by atoms with E-state index in [2.05, 4.69) is 20.9 Å². The summed E-state index contributed by atoms with van der Waals surface area (Å²) >= 11 is 0. The van der Waals surface area contributed by atoms with Gasteiger partial charge in [0, 0.05) is 44.4 Å². The second kappa shape index (κ2) is 9.84. The topological polar surface area (TPSA) is 78.0 Å². The summed E-state index contributed by atoms with van der Waals surface area (Å²) in [4.78, 5) is 17.6. The van der Waals surface area contributed by atoms with Crippen LogP contribution in [0.3, 0.4) is 0 Å². The van der Waals surface area contributed by atoms with Gasteiger partial charge in [-0.05, 0) is 48.7 Å². The van der Waals surface area contributed by atoms with Crippen LogP contribution in [0.25, 0.3) is 0 Å². The van der Waals surface area contributed by atoms with E-state index in [-0.39, 0.29) is 11.9 Å². The van der Waals surface area contributed by atoms with Gasteiger partial charge >= 0.3 is 0 Å². The number of rotatable bonds is 6. The van der Waals surface area contributed by atoms with E-state index in [1.807, 2.05) is 23.1 Å². The summed E-state index contributed by atoms with van der Waals surface area (Å²) in [5.74, 6) is 0.331. The highest BCUT2D eigenvalue weighted by atomic mass is 19.1. The van der Waals surface area contributed by atoms with Crippen LogP contribution in [-0.2, 0) is 11.2 Å². The monoisotopic (exact) mass is 443 g/mol. The average molecular weight is 443 g/mol. The predicted molar refractivity (Wildman–Crippen MR) is 120 cm³/mol. The lowest BCUT2D eigenvalue weighted by Crippen LogP contribution is -2.45. The molecule has 0 spiro atoms. The van der Waals surface area contributed by atoms with Gasteiger partial charge in [-0.1, -0.05) is 0 Å². The molecule has 1 saturated heterocycles. The van der Waals surface area contributed by atoms with Crippen LogP contribution in [0.4, 0.5) is 20.2 Å². The lowest BCUT2D eigenvalue weighted by Gasteiger charge is -2.21. The van der Waals surface area contributed by atoms with Crippen LogP contribution in [0, 0.1) is 11.6 Å². The third-order valence-electron chi connectivity index (χ3n) is 5.64. The minimum Gasteiger partial charge on any atom is -0.492 e. The first-order valence-electron chi connectivity index (χ1n) is 10.7. The van der Waals surface area contributed by atoms with E-state index in [9.17, 15) is 13.6 Å². The number of benzene rings is 2. The largest absolute Gasteiger partial charge is 0.492 e. The van der Waals surface area contributed by atoms with E-state index in [0.717, 1.165) is 29.5 Å². The number of hydrogen-bond donors (Lipinski definition) is 3. The third kappa shape index (κ3) is 5.27. The molecule has 2 aliphatic rings. The van der Waals surface area contributed by atoms with Gasteiger partial charge in [0.2, 0.25) is 5.91 Å². The van der Waals surface area contributed by atoms with Gasteiger partial charge < -0.3 is 25.6 Å². The zero-order valence-corrected chi connectivity index (χ0v) is 18.0. The normalized spacial score (nSPS) is 18.2. The summed E-state index contributed by atoms with van der Waals surface area (Å²) in [5.41, 5.74) is 2.34. The molecule has 0 radical (unpaired) electrons. The number of nitrogens with one attached hydrogen (secondary N) is 3. The van der Waals surface area contributed by atoms with E-state index >= 15 is 0 Å². The minimum absolute atomic E-state index is 0.0439. The Morgan fingerprint density at radius 1 is 1.25 bits per heavy atom. The molecule has 9 heteroatoms. The third-order valence-corrected chi connectivity index (χ3v) is 5.64. The molecule has 170 valence electrons. The van der Waals surface area contributed by atoms with Gasteiger partial charge in [-0.3, -0.25) is 9.79 Å². The standard InChI is InChI=1S/C23H27F2N5O2/c1-26-23(28-17-8-10-30(14-17)21-6-3-16(24)13-19(21)25)27-9-11-32-18-4-5-20-15(12-18)2-7-22(31)29-20/h3-6,12-13,17H,2,7-11,14H2,1H3,(H,29,31)(H2,26,27,28). The molecule has 1 amide bonds. The van der Waals surface area contributed by atoms with E-state index in [1.54, 1.807) is 7.05 Å². The fraction of sp³-hybridized carbons (Fsp3) is 0.391. The maximum absolute atomic E-state index is 14.0. The van der Waals surface area contributed by atoms with Crippen LogP contribution in [-0.4, -0.2) is 51.2 Å². The zero-order chi connectivity index (χ0) is 22.5. The molecule has 0 aromatic heterocycles. The van der Waals surface area contributed by atoms with Crippen LogP contribution in [0.1, 0.15) is 18.4 Å². The first-order valence-corrected chi connectivity index (χ1v) is 10.7. The average Bonchev–Trinajstić information content (AvgIpc) is 3.24. The van der Waals surface area contributed by atoms with Gasteiger partial charge in [0.05, 0.1) is 12.2 Å². The molecule has 1 atom stereocenters. The minimum atomic E-state index is -0.575. The molecule has 2 aromatic carbocycles. The van der Waals surface area contributed by atoms with Crippen molar-refractivity contribution in [3.63, 3.8) is 0 Å². The van der Waals surface area contributed by atoms with Crippen molar-refractivity contribution in [1.29, 1.82) is 0 Å². The van der Waals surface area contributed by atoms with Crippen molar-refractivity contribution in [2.75, 3.05) is 43.5 Å². The van der Waals surface area contributed by atoms with E-state index in [1.165, 1.54) is 12.1 Å². The number of amides is 1. The first kappa shape index (κ1) is 21.9. The molecular weight excluding hydrogens is 416 g/mol. The maximum atomic E-state index is 14.0. The fourth-order valence-electron chi connectivity index (χ4n) is 4.01. The Hall–Kier alpha value is -3.36. The van der Waals surface area contributed by atoms with Gasteiger partial charge in [0.25, 0.3) is 0 Å². The number of ether oxygens (including phenoxy) is 1. The molecule has 2 aliphatic heterocycles. The zero-order valence-electron chi connectivity index (χ0n) is 18.0. The Balaban J connectivity index is 1.21. The van der Waals surface area contributed by atoms with Crippen molar-refractivity contribution in [3.05, 3.63) is 53.6 Å². The van der Waals surface area contributed by atoms with Gasteiger partial charge in [-0.2, -0.15) is 0 Å². The van der Waals surface area contributed by atoms with Gasteiger partial charge in [-0.15, -0.1) is 0 Å². The summed E-state index contributed by atoms with van der Waals surface area (Å²) < 4.78 is 33.0. The second-order valence-electron chi connectivity index (χ2n) is 7.89. The van der Waals surface area contributed by atoms with E-state index in [4.69, 9.17) is 4.74 Å². The number of nitrogens with zero attached hydrogens (tertiary/aromatic N) is 2. The molecule has 2 aromatic rings. The Labute approximate surface area is 185 Å². The van der Waals surface area contributed by atoms with Crippen molar-refractivity contribution in [2.24, 2.45) is 4.99 Å². The molecule has 1 fully saturated rings. The van der Waals surface area contributed by atoms with Crippen molar-refractivity contribution < 1.29 is 18.3 Å². The summed E-state index contributed by atoms with van der Waals surface area (Å²) in [6, 6.07) is 9.44. The number of halogens is 2. The Morgan fingerprint density at radius 2 is 2.12 bits per heavy atom. The second-order valence-corrected chi connectivity index (χ2v) is 7.89. The molecule has 0 aliphatic carbocycles. The number of carbonyl (C=O) groups excluding carboxylic acids is 1. The predicted octanol–water partition coefficient (Wildman–Crippen LogP) is 2.67. The van der Waals surface area contributed by atoms with Crippen LogP contribution >= 0.6 is 0 Å². The molecule has 3 N–H and O–H groups in total. The highest BCUT2D eigenvalue weighted by Crippen LogP contribution is 2.27. The smallest absolute Gasteiger partial charge is 0.224 e. The number of guanidine groups is 1. The summed E-state index contributed by atoms with van der Waals surface area (Å²) in [6.45, 7) is 2.28. The van der Waals surface area contributed by atoms with Gasteiger partial charge in [-0.25, -0.2) is 8.78 Å². The SMILES string of the molecule is CN=C(NCCOc1ccc2c(c1)CCC(=O)N2)NC1CCN(c2ccc(F)cc2F)C1. The Kier molecular flexibility index (Phi) is 6.72. The lowest BCUT2D eigenvalue weighted by atomic mass is 10.0. The molecule has 1 unspecified atom stereocenters. The fourth-order valence-corrected chi connectivity index (χ4v) is 4.01. The molecule has 0 bridgehead atoms. The van der Waals surface area contributed by atoms with E-state index in [0.29, 0.717) is 50.7 Å². The van der Waals surface area contributed by atoms with Crippen LogP contribution in [0.5, 0.6) is 5.75 Å². The number of anilines is 2. The number of fused-ring (bicyclic) bond motifs is 1. The highest BCUT2D eigenvalue weighted by Gasteiger charge is 2.25. The number of aliphatic imine (C=N–C) groups is 1. The summed E-state index contributed by atoms with van der Waals surface area (Å²) in [6.07, 6.45) is 2.03. The van der Waals surface area contributed by atoms with Crippen LogP contribution < -0.4 is 25.6 Å². The van der Waals surface area contributed by atoms with Crippen molar-refractivity contribution >= 4 is 23.2 Å². The quantitative estimate of drug-likeness (QED) is 0.364. The molecule has 2 heterocycles. The van der Waals surface area contributed by atoms with Crippen LogP contribution in [0.15, 0.2) is 41.4 Å². The van der Waals surface area contributed by atoms with Crippen molar-refractivity contribution in [3.8, 4) is 5.75 Å². The van der Waals surface area contributed by atoms with E-state index < -0.39 is 11.6 Å². The van der Waals surface area contributed by atoms with Crippen molar-refractivity contribution in [1.82, 2.24) is 10.6 Å². The number of aryl methyl sites for hydroxylation is 1. The summed E-state index contributed by atoms with van der Waals surface area (Å²) in [7, 11) is 1.69. The number of carbonyl (C=O) groups is 1. The molecule has 4 rings (SSSR count). The molecule has 7 nitrogen and oxygen atoms in total. The summed E-state index contributed by atoms with van der Waals surface area (Å²) in [5, 5.41) is 9.43. The maximum Gasteiger partial charge on any atom is 0.224 e.